The van der Waals surface area contributed by atoms with Gasteiger partial charge in [-0.15, -0.1) is 5.10 Å². The predicted octanol–water partition coefficient (Wildman–Crippen LogP) is 1.26. The van der Waals surface area contributed by atoms with Gasteiger partial charge in [-0.3, -0.25) is 4.79 Å². The summed E-state index contributed by atoms with van der Waals surface area (Å²) in [6, 6.07) is 4.39. The summed E-state index contributed by atoms with van der Waals surface area (Å²) < 4.78 is 28.4. The van der Waals surface area contributed by atoms with Gasteiger partial charge < -0.3 is 5.73 Å². The van der Waals surface area contributed by atoms with Crippen molar-refractivity contribution in [3.8, 4) is 6.07 Å². The van der Waals surface area contributed by atoms with Crippen LogP contribution in [-0.4, -0.2) is 20.9 Å². The summed E-state index contributed by atoms with van der Waals surface area (Å²) in [4.78, 5) is 11.3. The van der Waals surface area contributed by atoms with Crippen molar-refractivity contribution in [1.82, 2.24) is 15.0 Å². The molecule has 1 saturated carbocycles. The number of hydrogen-bond donors (Lipinski definition) is 1. The van der Waals surface area contributed by atoms with Crippen LogP contribution in [0.15, 0.2) is 18.3 Å². The molecule has 1 aliphatic carbocycles. The molecule has 8 heteroatoms. The SMILES string of the molecule is N#CC1(n2cc(Cc3ccc(F)c(F)c3C(N)=O)nn2)CC1. The number of nitrogens with two attached hydrogens (primary N) is 1. The summed E-state index contributed by atoms with van der Waals surface area (Å²) in [6.07, 6.45) is 3.03. The van der Waals surface area contributed by atoms with Gasteiger partial charge in [0, 0.05) is 6.42 Å². The van der Waals surface area contributed by atoms with Gasteiger partial charge >= 0.3 is 0 Å². The highest BCUT2D eigenvalue weighted by Gasteiger charge is 2.46. The minimum Gasteiger partial charge on any atom is -0.365 e. The lowest BCUT2D eigenvalue weighted by Crippen LogP contribution is -2.17. The second-order valence-electron chi connectivity index (χ2n) is 5.23. The number of amides is 1. The maximum absolute atomic E-state index is 13.7. The van der Waals surface area contributed by atoms with Crippen LogP contribution in [0.25, 0.3) is 0 Å². The summed E-state index contributed by atoms with van der Waals surface area (Å²) in [5.74, 6) is -3.45. The molecule has 0 saturated heterocycles. The third-order valence-electron chi connectivity index (χ3n) is 3.71. The molecular formula is C14H11F2N5O. The Morgan fingerprint density at radius 2 is 2.18 bits per heavy atom. The van der Waals surface area contributed by atoms with E-state index < -0.39 is 28.6 Å². The van der Waals surface area contributed by atoms with Crippen LogP contribution in [0.1, 0.15) is 34.5 Å². The second-order valence-corrected chi connectivity index (χ2v) is 5.23. The smallest absolute Gasteiger partial charge is 0.252 e. The van der Waals surface area contributed by atoms with Gasteiger partial charge in [0.1, 0.15) is 0 Å². The Morgan fingerprint density at radius 3 is 2.77 bits per heavy atom. The van der Waals surface area contributed by atoms with Crippen LogP contribution < -0.4 is 5.73 Å². The van der Waals surface area contributed by atoms with E-state index in [0.717, 1.165) is 6.07 Å². The molecule has 2 N–H and O–H groups in total. The average Bonchev–Trinajstić information content (AvgIpc) is 3.15. The Labute approximate surface area is 124 Å². The number of carbonyl (C=O) groups excluding carboxylic acids is 1. The molecule has 1 aromatic carbocycles. The van der Waals surface area contributed by atoms with Crippen molar-refractivity contribution in [3.05, 3.63) is 46.8 Å². The summed E-state index contributed by atoms with van der Waals surface area (Å²) in [5.41, 5.74) is 4.64. The summed E-state index contributed by atoms with van der Waals surface area (Å²) in [5, 5.41) is 16.9. The number of aromatic nitrogens is 3. The largest absolute Gasteiger partial charge is 0.365 e. The first-order valence-corrected chi connectivity index (χ1v) is 6.56. The molecule has 2 aromatic rings. The lowest BCUT2D eigenvalue weighted by Gasteiger charge is -2.07. The minimum absolute atomic E-state index is 0.0665. The predicted molar refractivity (Wildman–Crippen MR) is 70.5 cm³/mol. The molecule has 0 atom stereocenters. The normalized spacial score (nSPS) is 15.3. The maximum atomic E-state index is 13.7. The monoisotopic (exact) mass is 303 g/mol. The van der Waals surface area contributed by atoms with Crippen LogP contribution in [0, 0.1) is 23.0 Å². The molecule has 1 heterocycles. The molecule has 1 aromatic heterocycles. The van der Waals surface area contributed by atoms with Gasteiger partial charge in [0.2, 0.25) is 0 Å². The highest BCUT2D eigenvalue weighted by molar-refractivity contribution is 5.94. The van der Waals surface area contributed by atoms with Gasteiger partial charge in [0.05, 0.1) is 23.5 Å². The van der Waals surface area contributed by atoms with Gasteiger partial charge in [-0.05, 0) is 24.5 Å². The highest BCUT2D eigenvalue weighted by atomic mass is 19.2. The van der Waals surface area contributed by atoms with Gasteiger partial charge in [0.15, 0.2) is 17.2 Å². The lowest BCUT2D eigenvalue weighted by atomic mass is 10.0. The zero-order valence-corrected chi connectivity index (χ0v) is 11.4. The molecule has 0 spiro atoms. The van der Waals surface area contributed by atoms with Crippen LogP contribution in [0.2, 0.25) is 0 Å². The summed E-state index contributed by atoms with van der Waals surface area (Å²) >= 11 is 0. The number of nitriles is 1. The Balaban J connectivity index is 1.93. The van der Waals surface area contributed by atoms with E-state index in [1.54, 1.807) is 6.20 Å². The van der Waals surface area contributed by atoms with Crippen LogP contribution in [0.4, 0.5) is 8.78 Å². The van der Waals surface area contributed by atoms with Crippen molar-refractivity contribution in [3.63, 3.8) is 0 Å². The van der Waals surface area contributed by atoms with Crippen molar-refractivity contribution in [1.29, 1.82) is 5.26 Å². The number of rotatable bonds is 4. The number of primary amides is 1. The molecule has 0 aliphatic heterocycles. The second kappa shape index (κ2) is 4.87. The molecule has 112 valence electrons. The molecular weight excluding hydrogens is 292 g/mol. The number of benzene rings is 1. The Bertz CT molecular complexity index is 804. The average molecular weight is 303 g/mol. The zero-order chi connectivity index (χ0) is 15.9. The fourth-order valence-electron chi connectivity index (χ4n) is 2.30. The maximum Gasteiger partial charge on any atom is 0.252 e. The topological polar surface area (TPSA) is 97.6 Å². The number of carbonyl (C=O) groups is 1. The van der Waals surface area contributed by atoms with Crippen molar-refractivity contribution < 1.29 is 13.6 Å². The Kier molecular flexibility index (Phi) is 3.13. The van der Waals surface area contributed by atoms with Crippen molar-refractivity contribution in [2.45, 2.75) is 24.8 Å². The molecule has 1 amide bonds. The number of hydrogen-bond acceptors (Lipinski definition) is 4. The standard InChI is InChI=1S/C14H11F2N5O/c15-10-2-1-8(11(12(10)16)13(18)22)5-9-6-21(20-19-9)14(7-17)3-4-14/h1-2,6H,3-5H2,(H2,18,22). The van der Waals surface area contributed by atoms with E-state index in [-0.39, 0.29) is 12.0 Å². The molecule has 0 unspecified atom stereocenters. The van der Waals surface area contributed by atoms with Gasteiger partial charge in [-0.2, -0.15) is 5.26 Å². The number of halogens is 2. The minimum atomic E-state index is -1.27. The highest BCUT2D eigenvalue weighted by Crippen LogP contribution is 2.42. The van der Waals surface area contributed by atoms with Crippen molar-refractivity contribution in [2.24, 2.45) is 5.73 Å². The molecule has 0 radical (unpaired) electrons. The van der Waals surface area contributed by atoms with E-state index in [2.05, 4.69) is 16.4 Å². The van der Waals surface area contributed by atoms with E-state index >= 15 is 0 Å². The molecule has 6 nitrogen and oxygen atoms in total. The van der Waals surface area contributed by atoms with E-state index in [4.69, 9.17) is 11.0 Å². The Morgan fingerprint density at radius 1 is 1.45 bits per heavy atom. The third kappa shape index (κ3) is 2.20. The molecule has 3 rings (SSSR count). The number of nitrogens with zero attached hydrogens (tertiary/aromatic N) is 4. The first kappa shape index (κ1) is 14.1. The third-order valence-corrected chi connectivity index (χ3v) is 3.71. The lowest BCUT2D eigenvalue weighted by molar-refractivity contribution is 0.0994. The van der Waals surface area contributed by atoms with Gasteiger partial charge in [0.25, 0.3) is 5.91 Å². The van der Waals surface area contributed by atoms with Gasteiger partial charge in [-0.25, -0.2) is 13.5 Å². The fourth-order valence-corrected chi connectivity index (χ4v) is 2.30. The van der Waals surface area contributed by atoms with E-state index in [1.807, 2.05) is 0 Å². The van der Waals surface area contributed by atoms with Crippen LogP contribution in [0.3, 0.4) is 0 Å². The van der Waals surface area contributed by atoms with E-state index in [0.29, 0.717) is 18.5 Å². The first-order chi connectivity index (χ1) is 10.5. The van der Waals surface area contributed by atoms with Gasteiger partial charge in [-0.1, -0.05) is 11.3 Å². The van der Waals surface area contributed by atoms with Crippen molar-refractivity contribution >= 4 is 5.91 Å². The molecule has 1 fully saturated rings. The fraction of sp³-hybridized carbons (Fsp3) is 0.286. The summed E-state index contributed by atoms with van der Waals surface area (Å²) in [6.45, 7) is 0. The first-order valence-electron chi connectivity index (χ1n) is 6.56. The summed E-state index contributed by atoms with van der Waals surface area (Å²) in [7, 11) is 0. The van der Waals surface area contributed by atoms with Crippen LogP contribution in [-0.2, 0) is 12.0 Å². The Hall–Kier alpha value is -2.82. The van der Waals surface area contributed by atoms with E-state index in [1.165, 1.54) is 10.7 Å². The zero-order valence-electron chi connectivity index (χ0n) is 11.4. The molecule has 0 bridgehead atoms. The van der Waals surface area contributed by atoms with Crippen molar-refractivity contribution in [2.75, 3.05) is 0 Å². The molecule has 1 aliphatic rings. The quantitative estimate of drug-likeness (QED) is 0.919. The van der Waals surface area contributed by atoms with Crippen LogP contribution >= 0.6 is 0 Å². The van der Waals surface area contributed by atoms with Crippen LogP contribution in [0.5, 0.6) is 0 Å². The molecule has 22 heavy (non-hydrogen) atoms. The van der Waals surface area contributed by atoms with E-state index in [9.17, 15) is 13.6 Å².